The van der Waals surface area contributed by atoms with Gasteiger partial charge in [-0.2, -0.15) is 0 Å². The van der Waals surface area contributed by atoms with Crippen molar-refractivity contribution in [2.45, 2.75) is 51.8 Å². The highest BCUT2D eigenvalue weighted by molar-refractivity contribution is 5.82. The van der Waals surface area contributed by atoms with Gasteiger partial charge in [0, 0.05) is 12.6 Å². The smallest absolute Gasteiger partial charge is 0.326 e. The number of amides is 2. The molecule has 1 atom stereocenters. The quantitative estimate of drug-likeness (QED) is 0.662. The molecule has 0 aromatic heterocycles. The predicted octanol–water partition coefficient (Wildman–Crippen LogP) is 0.962. The average molecular weight is 258 g/mol. The SMILES string of the molecule is CCOC1CC(NC(=O)N[C@H](C(=O)O)C(C)C)C1. The second kappa shape index (κ2) is 6.58. The molecule has 6 nitrogen and oxygen atoms in total. The zero-order valence-electron chi connectivity index (χ0n) is 11.1. The van der Waals surface area contributed by atoms with Crippen LogP contribution in [-0.2, 0) is 9.53 Å². The highest BCUT2D eigenvalue weighted by Crippen LogP contribution is 2.22. The van der Waals surface area contributed by atoms with Crippen LogP contribution in [0.5, 0.6) is 0 Å². The van der Waals surface area contributed by atoms with Gasteiger partial charge < -0.3 is 20.5 Å². The van der Waals surface area contributed by atoms with Crippen LogP contribution in [0.25, 0.3) is 0 Å². The van der Waals surface area contributed by atoms with Crippen LogP contribution in [0.15, 0.2) is 0 Å². The summed E-state index contributed by atoms with van der Waals surface area (Å²) in [6, 6.07) is -1.19. The van der Waals surface area contributed by atoms with E-state index in [1.807, 2.05) is 6.92 Å². The van der Waals surface area contributed by atoms with E-state index in [1.165, 1.54) is 0 Å². The molecule has 0 heterocycles. The summed E-state index contributed by atoms with van der Waals surface area (Å²) < 4.78 is 5.38. The molecule has 104 valence electrons. The standard InChI is InChI=1S/C12H22N2O4/c1-4-18-9-5-8(6-9)13-12(17)14-10(7(2)3)11(15)16/h7-10H,4-6H2,1-3H3,(H,15,16)(H2,13,14,17)/t8?,9?,10-/m0/s1. The summed E-state index contributed by atoms with van der Waals surface area (Å²) >= 11 is 0. The topological polar surface area (TPSA) is 87.7 Å². The van der Waals surface area contributed by atoms with Gasteiger partial charge >= 0.3 is 12.0 Å². The summed E-state index contributed by atoms with van der Waals surface area (Å²) in [7, 11) is 0. The number of urea groups is 1. The molecule has 0 saturated heterocycles. The van der Waals surface area contributed by atoms with Gasteiger partial charge in [0.05, 0.1) is 6.10 Å². The van der Waals surface area contributed by atoms with Gasteiger partial charge in [-0.25, -0.2) is 9.59 Å². The summed E-state index contributed by atoms with van der Waals surface area (Å²) in [4.78, 5) is 22.5. The van der Waals surface area contributed by atoms with E-state index in [1.54, 1.807) is 13.8 Å². The molecule has 2 amide bonds. The zero-order valence-corrected chi connectivity index (χ0v) is 11.1. The lowest BCUT2D eigenvalue weighted by atomic mass is 9.89. The van der Waals surface area contributed by atoms with Crippen molar-refractivity contribution in [2.75, 3.05) is 6.61 Å². The Bertz CT molecular complexity index is 300. The Balaban J connectivity index is 2.28. The third-order valence-electron chi connectivity index (χ3n) is 3.05. The van der Waals surface area contributed by atoms with Crippen molar-refractivity contribution in [3.63, 3.8) is 0 Å². The molecule has 0 bridgehead atoms. The Labute approximate surface area is 107 Å². The second-order valence-corrected chi connectivity index (χ2v) is 4.92. The van der Waals surface area contributed by atoms with Crippen LogP contribution in [0, 0.1) is 5.92 Å². The average Bonchev–Trinajstić information content (AvgIpc) is 2.22. The first-order valence-electron chi connectivity index (χ1n) is 6.35. The van der Waals surface area contributed by atoms with Crippen LogP contribution in [0.3, 0.4) is 0 Å². The van der Waals surface area contributed by atoms with Crippen molar-refractivity contribution >= 4 is 12.0 Å². The normalized spacial score (nSPS) is 24.2. The maximum absolute atomic E-state index is 11.6. The number of carboxylic acid groups (broad SMARTS) is 1. The molecule has 18 heavy (non-hydrogen) atoms. The number of hydrogen-bond donors (Lipinski definition) is 3. The summed E-state index contributed by atoms with van der Waals surface area (Å²) in [6.07, 6.45) is 1.81. The highest BCUT2D eigenvalue weighted by atomic mass is 16.5. The Kier molecular flexibility index (Phi) is 5.40. The van der Waals surface area contributed by atoms with E-state index in [2.05, 4.69) is 10.6 Å². The van der Waals surface area contributed by atoms with Crippen molar-refractivity contribution in [2.24, 2.45) is 5.92 Å². The fraction of sp³-hybridized carbons (Fsp3) is 0.833. The maximum atomic E-state index is 11.6. The van der Waals surface area contributed by atoms with Gasteiger partial charge in [0.1, 0.15) is 6.04 Å². The molecule has 0 unspecified atom stereocenters. The highest BCUT2D eigenvalue weighted by Gasteiger charge is 2.32. The monoisotopic (exact) mass is 258 g/mol. The molecular weight excluding hydrogens is 236 g/mol. The van der Waals surface area contributed by atoms with Crippen LogP contribution in [0.4, 0.5) is 4.79 Å². The fourth-order valence-electron chi connectivity index (χ4n) is 1.94. The largest absolute Gasteiger partial charge is 0.480 e. The van der Waals surface area contributed by atoms with Crippen LogP contribution >= 0.6 is 0 Å². The summed E-state index contributed by atoms with van der Waals surface area (Å²) in [6.45, 7) is 6.13. The molecule has 0 radical (unpaired) electrons. The number of hydrogen-bond acceptors (Lipinski definition) is 3. The fourth-order valence-corrected chi connectivity index (χ4v) is 1.94. The van der Waals surface area contributed by atoms with Crippen LogP contribution in [0.1, 0.15) is 33.6 Å². The van der Waals surface area contributed by atoms with E-state index >= 15 is 0 Å². The van der Waals surface area contributed by atoms with E-state index in [-0.39, 0.29) is 18.1 Å². The number of rotatable bonds is 6. The van der Waals surface area contributed by atoms with Crippen LogP contribution in [-0.4, -0.2) is 41.9 Å². The molecule has 1 rings (SSSR count). The van der Waals surface area contributed by atoms with Crippen molar-refractivity contribution in [3.8, 4) is 0 Å². The zero-order chi connectivity index (χ0) is 13.7. The van der Waals surface area contributed by atoms with Gasteiger partial charge in [0.25, 0.3) is 0 Å². The predicted molar refractivity (Wildman–Crippen MR) is 66.4 cm³/mol. The molecule has 1 saturated carbocycles. The van der Waals surface area contributed by atoms with Gasteiger partial charge in [-0.15, -0.1) is 0 Å². The summed E-state index contributed by atoms with van der Waals surface area (Å²) in [5, 5.41) is 14.2. The number of carbonyl (C=O) groups excluding carboxylic acids is 1. The number of carbonyl (C=O) groups is 2. The number of ether oxygens (including phenoxy) is 1. The van der Waals surface area contributed by atoms with E-state index in [0.717, 1.165) is 12.8 Å². The molecule has 1 aliphatic carbocycles. The number of aliphatic carboxylic acids is 1. The Morgan fingerprint density at radius 3 is 2.44 bits per heavy atom. The lowest BCUT2D eigenvalue weighted by molar-refractivity contribution is -0.140. The first-order chi connectivity index (χ1) is 8.43. The molecule has 1 aliphatic rings. The first-order valence-corrected chi connectivity index (χ1v) is 6.35. The molecule has 0 spiro atoms. The molecular formula is C12H22N2O4. The third kappa shape index (κ3) is 4.18. The first kappa shape index (κ1) is 14.8. The van der Waals surface area contributed by atoms with Crippen molar-refractivity contribution in [1.29, 1.82) is 0 Å². The molecule has 1 fully saturated rings. The molecule has 0 aromatic carbocycles. The molecule has 0 aliphatic heterocycles. The second-order valence-electron chi connectivity index (χ2n) is 4.92. The van der Waals surface area contributed by atoms with Gasteiger partial charge in [-0.3, -0.25) is 0 Å². The maximum Gasteiger partial charge on any atom is 0.326 e. The number of carboxylic acids is 1. The Morgan fingerprint density at radius 1 is 1.39 bits per heavy atom. The Hall–Kier alpha value is -1.30. The van der Waals surface area contributed by atoms with Crippen LogP contribution < -0.4 is 10.6 Å². The minimum Gasteiger partial charge on any atom is -0.480 e. The Morgan fingerprint density at radius 2 is 2.00 bits per heavy atom. The van der Waals surface area contributed by atoms with Crippen molar-refractivity contribution in [3.05, 3.63) is 0 Å². The van der Waals surface area contributed by atoms with E-state index in [4.69, 9.17) is 9.84 Å². The number of nitrogens with one attached hydrogen (secondary N) is 2. The minimum atomic E-state index is -1.01. The third-order valence-corrected chi connectivity index (χ3v) is 3.05. The van der Waals surface area contributed by atoms with Crippen molar-refractivity contribution in [1.82, 2.24) is 10.6 Å². The molecule has 0 aromatic rings. The van der Waals surface area contributed by atoms with E-state index in [0.29, 0.717) is 6.61 Å². The summed E-state index contributed by atoms with van der Waals surface area (Å²) in [5.41, 5.74) is 0. The van der Waals surface area contributed by atoms with E-state index in [9.17, 15) is 9.59 Å². The van der Waals surface area contributed by atoms with E-state index < -0.39 is 18.0 Å². The molecule has 3 N–H and O–H groups in total. The lowest BCUT2D eigenvalue weighted by Gasteiger charge is -2.35. The van der Waals surface area contributed by atoms with Gasteiger partial charge in [-0.1, -0.05) is 13.8 Å². The lowest BCUT2D eigenvalue weighted by Crippen LogP contribution is -2.55. The van der Waals surface area contributed by atoms with Crippen molar-refractivity contribution < 1.29 is 19.4 Å². The van der Waals surface area contributed by atoms with Crippen LogP contribution in [0.2, 0.25) is 0 Å². The van der Waals surface area contributed by atoms with Gasteiger partial charge in [0.2, 0.25) is 0 Å². The minimum absolute atomic E-state index is 0.0863. The molecule has 6 heteroatoms. The summed E-state index contributed by atoms with van der Waals surface area (Å²) in [5.74, 6) is -1.16. The van der Waals surface area contributed by atoms with Gasteiger partial charge in [-0.05, 0) is 25.7 Å². The van der Waals surface area contributed by atoms with Gasteiger partial charge in [0.15, 0.2) is 0 Å².